The maximum atomic E-state index is 12.5. The molecule has 0 saturated carbocycles. The van der Waals surface area contributed by atoms with Gasteiger partial charge in [0.05, 0.1) is 11.8 Å². The lowest BCUT2D eigenvalue weighted by atomic mass is 9.76. The van der Waals surface area contributed by atoms with Gasteiger partial charge in [0.15, 0.2) is 6.10 Å². The molecule has 0 heterocycles. The van der Waals surface area contributed by atoms with E-state index >= 15 is 0 Å². The van der Waals surface area contributed by atoms with Crippen LogP contribution in [0.3, 0.4) is 0 Å². The van der Waals surface area contributed by atoms with Gasteiger partial charge in [-0.3, -0.25) is 25.2 Å². The first-order valence-electron chi connectivity index (χ1n) is 9.31. The number of hydrogen-bond donors (Lipinski definition) is 3. The maximum absolute atomic E-state index is 12.5. The van der Waals surface area contributed by atoms with Crippen molar-refractivity contribution in [2.24, 2.45) is 11.8 Å². The molecule has 0 unspecified atom stereocenters. The first kappa shape index (κ1) is 21.5. The fourth-order valence-electron chi connectivity index (χ4n) is 3.19. The van der Waals surface area contributed by atoms with Gasteiger partial charge in [-0.2, -0.15) is 0 Å². The van der Waals surface area contributed by atoms with Gasteiger partial charge in [-0.1, -0.05) is 17.2 Å². The Labute approximate surface area is 165 Å². The molecular formula is C21H28N2O5. The van der Waals surface area contributed by atoms with Crippen LogP contribution in [-0.4, -0.2) is 29.0 Å². The van der Waals surface area contributed by atoms with Gasteiger partial charge in [-0.05, 0) is 70.7 Å². The summed E-state index contributed by atoms with van der Waals surface area (Å²) in [5.41, 5.74) is 8.87. The van der Waals surface area contributed by atoms with Crippen molar-refractivity contribution >= 4 is 17.8 Å². The second-order valence-corrected chi connectivity index (χ2v) is 7.50. The topological polar surface area (TPSA) is 105 Å². The zero-order chi connectivity index (χ0) is 21.0. The van der Waals surface area contributed by atoms with E-state index in [-0.39, 0.29) is 0 Å². The van der Waals surface area contributed by atoms with Crippen LogP contribution in [0.2, 0.25) is 0 Å². The molecule has 0 aliphatic heterocycles. The number of amides is 2. The van der Waals surface area contributed by atoms with Gasteiger partial charge in [0.25, 0.3) is 5.91 Å². The van der Waals surface area contributed by atoms with Crippen LogP contribution in [0.15, 0.2) is 29.3 Å². The van der Waals surface area contributed by atoms with Gasteiger partial charge >= 0.3 is 5.97 Å². The van der Waals surface area contributed by atoms with E-state index in [1.807, 2.05) is 39.8 Å². The molecule has 7 nitrogen and oxygen atoms in total. The fraction of sp³-hybridized carbons (Fsp3) is 0.476. The third-order valence-electron chi connectivity index (χ3n) is 5.39. The number of carboxylic acids is 1. The van der Waals surface area contributed by atoms with E-state index in [1.165, 1.54) is 0 Å². The summed E-state index contributed by atoms with van der Waals surface area (Å²) in [4.78, 5) is 36.2. The SMILES string of the molecule is CC1=C(C)C[C@@H](C(=O)NNC(=O)[C@@H](C)Oc2ccc(C)c(C)c2)[C@@H](C(=O)O)C1. The summed E-state index contributed by atoms with van der Waals surface area (Å²) < 4.78 is 5.62. The van der Waals surface area contributed by atoms with Crippen LogP contribution in [0.4, 0.5) is 0 Å². The fourth-order valence-corrected chi connectivity index (χ4v) is 3.19. The van der Waals surface area contributed by atoms with Crippen molar-refractivity contribution in [1.29, 1.82) is 0 Å². The number of nitrogens with one attached hydrogen (secondary N) is 2. The molecule has 0 spiro atoms. The normalized spacial score (nSPS) is 20.3. The van der Waals surface area contributed by atoms with E-state index < -0.39 is 35.7 Å². The summed E-state index contributed by atoms with van der Waals surface area (Å²) in [6, 6.07) is 5.53. The number of allylic oxidation sites excluding steroid dienone is 2. The summed E-state index contributed by atoms with van der Waals surface area (Å²) in [5, 5.41) is 9.42. The molecule has 2 rings (SSSR count). The van der Waals surface area contributed by atoms with Crippen molar-refractivity contribution in [2.45, 2.75) is 53.6 Å². The number of hydrazine groups is 1. The van der Waals surface area contributed by atoms with Crippen molar-refractivity contribution in [1.82, 2.24) is 10.9 Å². The summed E-state index contributed by atoms with van der Waals surface area (Å²) in [7, 11) is 0. The molecule has 0 bridgehead atoms. The number of carbonyl (C=O) groups is 3. The number of hydrogen-bond acceptors (Lipinski definition) is 4. The van der Waals surface area contributed by atoms with Crippen molar-refractivity contribution in [3.63, 3.8) is 0 Å². The number of carbonyl (C=O) groups excluding carboxylic acids is 2. The molecule has 0 aromatic heterocycles. The lowest BCUT2D eigenvalue weighted by Crippen LogP contribution is -2.51. The Kier molecular flexibility index (Phi) is 6.83. The molecule has 1 aliphatic carbocycles. The van der Waals surface area contributed by atoms with Gasteiger partial charge in [0.1, 0.15) is 5.75 Å². The number of aliphatic carboxylic acids is 1. The number of rotatable bonds is 5. The first-order chi connectivity index (χ1) is 13.1. The smallest absolute Gasteiger partial charge is 0.307 e. The Morgan fingerprint density at radius 2 is 1.61 bits per heavy atom. The van der Waals surface area contributed by atoms with E-state index in [4.69, 9.17) is 4.74 Å². The predicted molar refractivity (Wildman–Crippen MR) is 105 cm³/mol. The van der Waals surface area contributed by atoms with E-state index in [0.29, 0.717) is 18.6 Å². The molecule has 1 aromatic rings. The highest BCUT2D eigenvalue weighted by Gasteiger charge is 2.37. The van der Waals surface area contributed by atoms with E-state index in [1.54, 1.807) is 13.0 Å². The minimum Gasteiger partial charge on any atom is -0.481 e. The molecule has 0 fully saturated rings. The third-order valence-corrected chi connectivity index (χ3v) is 5.39. The van der Waals surface area contributed by atoms with Gasteiger partial charge in [0.2, 0.25) is 5.91 Å². The van der Waals surface area contributed by atoms with Crippen LogP contribution in [-0.2, 0) is 14.4 Å². The highest BCUT2D eigenvalue weighted by atomic mass is 16.5. The molecule has 0 saturated heterocycles. The molecule has 2 amide bonds. The van der Waals surface area contributed by atoms with E-state index in [2.05, 4.69) is 10.9 Å². The summed E-state index contributed by atoms with van der Waals surface area (Å²) >= 11 is 0. The minimum absolute atomic E-state index is 0.333. The van der Waals surface area contributed by atoms with Gasteiger partial charge < -0.3 is 9.84 Å². The Balaban J connectivity index is 1.94. The van der Waals surface area contributed by atoms with E-state index in [0.717, 1.165) is 22.3 Å². The van der Waals surface area contributed by atoms with Crippen molar-refractivity contribution in [3.05, 3.63) is 40.5 Å². The average molecular weight is 388 g/mol. The Morgan fingerprint density at radius 3 is 2.18 bits per heavy atom. The van der Waals surface area contributed by atoms with Crippen LogP contribution in [0, 0.1) is 25.7 Å². The standard InChI is InChI=1S/C21H28N2O5/c1-11-6-7-16(8-12(11)2)28-15(5)19(24)22-23-20(25)17-9-13(3)14(4)10-18(17)21(26)27/h6-8,15,17-18H,9-10H2,1-5H3,(H,22,24)(H,23,25)(H,26,27)/t15-,17-,18+/m1/s1. The summed E-state index contributed by atoms with van der Waals surface area (Å²) in [6.45, 7) is 9.29. The zero-order valence-corrected chi connectivity index (χ0v) is 17.0. The van der Waals surface area contributed by atoms with Gasteiger partial charge in [0, 0.05) is 0 Å². The summed E-state index contributed by atoms with van der Waals surface area (Å²) in [5.74, 6) is -3.00. The number of ether oxygens (including phenoxy) is 1. The number of benzene rings is 1. The Bertz CT molecular complexity index is 815. The van der Waals surface area contributed by atoms with Crippen molar-refractivity contribution in [3.8, 4) is 5.75 Å². The molecule has 0 radical (unpaired) electrons. The Morgan fingerprint density at radius 1 is 1.00 bits per heavy atom. The second-order valence-electron chi connectivity index (χ2n) is 7.50. The molecule has 28 heavy (non-hydrogen) atoms. The maximum Gasteiger partial charge on any atom is 0.307 e. The second kappa shape index (κ2) is 8.91. The summed E-state index contributed by atoms with van der Waals surface area (Å²) in [6.07, 6.45) is -0.133. The molecule has 1 aromatic carbocycles. The Hall–Kier alpha value is -2.83. The third kappa shape index (κ3) is 5.12. The average Bonchev–Trinajstić information content (AvgIpc) is 2.64. The largest absolute Gasteiger partial charge is 0.481 e. The molecule has 152 valence electrons. The molecule has 7 heteroatoms. The zero-order valence-electron chi connectivity index (χ0n) is 17.0. The molecular weight excluding hydrogens is 360 g/mol. The highest BCUT2D eigenvalue weighted by molar-refractivity contribution is 5.88. The quantitative estimate of drug-likeness (QED) is 0.531. The van der Waals surface area contributed by atoms with Crippen molar-refractivity contribution < 1.29 is 24.2 Å². The highest BCUT2D eigenvalue weighted by Crippen LogP contribution is 2.34. The predicted octanol–water partition coefficient (Wildman–Crippen LogP) is 2.67. The lowest BCUT2D eigenvalue weighted by Gasteiger charge is -2.29. The van der Waals surface area contributed by atoms with Crippen LogP contribution in [0.1, 0.15) is 44.7 Å². The minimum atomic E-state index is -1.01. The van der Waals surface area contributed by atoms with Crippen molar-refractivity contribution in [2.75, 3.05) is 0 Å². The first-order valence-corrected chi connectivity index (χ1v) is 9.31. The van der Waals surface area contributed by atoms with Crippen LogP contribution < -0.4 is 15.6 Å². The van der Waals surface area contributed by atoms with Gasteiger partial charge in [-0.15, -0.1) is 0 Å². The molecule has 1 aliphatic rings. The monoisotopic (exact) mass is 388 g/mol. The van der Waals surface area contributed by atoms with E-state index in [9.17, 15) is 19.5 Å². The molecule has 3 N–H and O–H groups in total. The van der Waals surface area contributed by atoms with Gasteiger partial charge in [-0.25, -0.2) is 0 Å². The number of aryl methyl sites for hydroxylation is 2. The lowest BCUT2D eigenvalue weighted by molar-refractivity contribution is -0.148. The molecule has 3 atom stereocenters. The van der Waals surface area contributed by atoms with Crippen LogP contribution in [0.5, 0.6) is 5.75 Å². The number of carboxylic acid groups (broad SMARTS) is 1. The van der Waals surface area contributed by atoms with Crippen LogP contribution >= 0.6 is 0 Å². The van der Waals surface area contributed by atoms with Crippen LogP contribution in [0.25, 0.3) is 0 Å².